The number of hydrogen-bond acceptors (Lipinski definition) is 5. The highest BCUT2D eigenvalue weighted by Crippen LogP contribution is 2.08. The fraction of sp³-hybridized carbons (Fsp3) is 0.750. The molecule has 6 nitrogen and oxygen atoms in total. The molecule has 6 heteroatoms. The fourth-order valence-corrected chi connectivity index (χ4v) is 1.21. The van der Waals surface area contributed by atoms with Gasteiger partial charge in [-0.25, -0.2) is 4.68 Å². The van der Waals surface area contributed by atoms with Crippen molar-refractivity contribution in [2.75, 3.05) is 20.3 Å². The molecule has 0 unspecified atom stereocenters. The van der Waals surface area contributed by atoms with Gasteiger partial charge in [-0.3, -0.25) is 0 Å². The molecule has 1 atom stereocenters. The van der Waals surface area contributed by atoms with E-state index in [9.17, 15) is 0 Å². The lowest BCUT2D eigenvalue weighted by Crippen LogP contribution is -2.21. The van der Waals surface area contributed by atoms with Crippen LogP contribution in [0.3, 0.4) is 0 Å². The summed E-state index contributed by atoms with van der Waals surface area (Å²) in [6, 6.07) is -0.214. The first-order chi connectivity index (χ1) is 6.79. The highest BCUT2D eigenvalue weighted by molar-refractivity contribution is 5.01. The molecule has 0 saturated heterocycles. The second-order valence-electron chi connectivity index (χ2n) is 3.02. The number of aromatic nitrogens is 3. The summed E-state index contributed by atoms with van der Waals surface area (Å²) in [5.74, 6) is 0. The van der Waals surface area contributed by atoms with E-state index < -0.39 is 0 Å². The molecule has 0 aromatic carbocycles. The van der Waals surface area contributed by atoms with Crippen LogP contribution < -0.4 is 5.73 Å². The number of nitrogens with two attached hydrogens (primary N) is 1. The van der Waals surface area contributed by atoms with Gasteiger partial charge in [-0.15, -0.1) is 5.10 Å². The molecule has 0 aliphatic heterocycles. The first-order valence-corrected chi connectivity index (χ1v) is 4.53. The molecule has 1 aromatic heterocycles. The Bertz CT molecular complexity index is 264. The first kappa shape index (κ1) is 11.1. The van der Waals surface area contributed by atoms with Crippen LogP contribution in [0, 0.1) is 0 Å². The zero-order chi connectivity index (χ0) is 10.4. The third-order valence-corrected chi connectivity index (χ3v) is 1.90. The Morgan fingerprint density at radius 1 is 1.71 bits per heavy atom. The Kier molecular flexibility index (Phi) is 4.51. The molecule has 14 heavy (non-hydrogen) atoms. The van der Waals surface area contributed by atoms with E-state index in [1.807, 2.05) is 0 Å². The highest BCUT2D eigenvalue weighted by Gasteiger charge is 2.11. The molecule has 0 saturated carbocycles. The van der Waals surface area contributed by atoms with E-state index in [1.54, 1.807) is 18.0 Å². The lowest BCUT2D eigenvalue weighted by molar-refractivity contribution is 0.177. The van der Waals surface area contributed by atoms with Crippen LogP contribution in [0.5, 0.6) is 0 Å². The predicted octanol–water partition coefficient (Wildman–Crippen LogP) is -0.693. The second kappa shape index (κ2) is 5.69. The molecule has 1 rings (SSSR count). The third-order valence-electron chi connectivity index (χ3n) is 1.90. The smallest absolute Gasteiger partial charge is 0.0777 e. The molecular formula is C8H16N4O2. The number of nitrogens with zero attached hydrogens (tertiary/aromatic N) is 3. The van der Waals surface area contributed by atoms with Crippen LogP contribution >= 0.6 is 0 Å². The summed E-state index contributed by atoms with van der Waals surface area (Å²) in [4.78, 5) is 0. The van der Waals surface area contributed by atoms with E-state index in [0.29, 0.717) is 19.6 Å². The first-order valence-electron chi connectivity index (χ1n) is 4.53. The largest absolute Gasteiger partial charge is 0.396 e. The van der Waals surface area contributed by atoms with Gasteiger partial charge >= 0.3 is 0 Å². The maximum Gasteiger partial charge on any atom is 0.0777 e. The Morgan fingerprint density at radius 3 is 3.14 bits per heavy atom. The van der Waals surface area contributed by atoms with Gasteiger partial charge in [0.15, 0.2) is 0 Å². The van der Waals surface area contributed by atoms with Crippen molar-refractivity contribution in [2.45, 2.75) is 19.0 Å². The van der Waals surface area contributed by atoms with Gasteiger partial charge < -0.3 is 15.6 Å². The minimum absolute atomic E-state index is 0.138. The number of aliphatic hydroxyl groups is 1. The summed E-state index contributed by atoms with van der Waals surface area (Å²) >= 11 is 0. The van der Waals surface area contributed by atoms with E-state index >= 15 is 0 Å². The highest BCUT2D eigenvalue weighted by atomic mass is 16.5. The maximum absolute atomic E-state index is 8.68. The van der Waals surface area contributed by atoms with Crippen LogP contribution in [0.15, 0.2) is 6.20 Å². The zero-order valence-corrected chi connectivity index (χ0v) is 8.26. The number of aliphatic hydroxyl groups excluding tert-OH is 1. The van der Waals surface area contributed by atoms with Gasteiger partial charge in [0, 0.05) is 20.3 Å². The molecule has 0 bridgehead atoms. The molecule has 1 heterocycles. The molecule has 0 radical (unpaired) electrons. The van der Waals surface area contributed by atoms with Crippen molar-refractivity contribution < 1.29 is 9.84 Å². The van der Waals surface area contributed by atoms with Gasteiger partial charge in [0.1, 0.15) is 0 Å². The molecule has 0 spiro atoms. The minimum Gasteiger partial charge on any atom is -0.396 e. The molecule has 0 aliphatic carbocycles. The topological polar surface area (TPSA) is 86.2 Å². The Hall–Kier alpha value is -0.980. The van der Waals surface area contributed by atoms with E-state index in [4.69, 9.17) is 15.6 Å². The average molecular weight is 200 g/mol. The summed E-state index contributed by atoms with van der Waals surface area (Å²) in [5.41, 5.74) is 6.67. The van der Waals surface area contributed by atoms with E-state index in [1.165, 1.54) is 0 Å². The molecule has 3 N–H and O–H groups in total. The monoisotopic (exact) mass is 200 g/mol. The zero-order valence-electron chi connectivity index (χ0n) is 8.26. The number of aryl methyl sites for hydroxylation is 1. The predicted molar refractivity (Wildman–Crippen MR) is 50.5 cm³/mol. The summed E-state index contributed by atoms with van der Waals surface area (Å²) in [7, 11) is 1.60. The third kappa shape index (κ3) is 2.76. The quantitative estimate of drug-likeness (QED) is 0.634. The van der Waals surface area contributed by atoms with Crippen LogP contribution in [0.4, 0.5) is 0 Å². The Balaban J connectivity index is 2.61. The van der Waals surface area contributed by atoms with Gasteiger partial charge in [0.05, 0.1) is 24.5 Å². The molecule has 80 valence electrons. The Morgan fingerprint density at radius 2 is 2.50 bits per heavy atom. The van der Waals surface area contributed by atoms with Crippen molar-refractivity contribution in [3.8, 4) is 0 Å². The van der Waals surface area contributed by atoms with Crippen molar-refractivity contribution in [2.24, 2.45) is 5.73 Å². The summed E-state index contributed by atoms with van der Waals surface area (Å²) in [5, 5.41) is 16.3. The van der Waals surface area contributed by atoms with E-state index in [-0.39, 0.29) is 12.6 Å². The molecule has 0 fully saturated rings. The van der Waals surface area contributed by atoms with Crippen LogP contribution in [0.25, 0.3) is 0 Å². The summed E-state index contributed by atoms with van der Waals surface area (Å²) in [6.45, 7) is 1.20. The van der Waals surface area contributed by atoms with Gasteiger partial charge in [-0.2, -0.15) is 0 Å². The van der Waals surface area contributed by atoms with Crippen molar-refractivity contribution in [1.82, 2.24) is 15.0 Å². The van der Waals surface area contributed by atoms with Gasteiger partial charge in [-0.1, -0.05) is 5.21 Å². The fourth-order valence-electron chi connectivity index (χ4n) is 1.21. The van der Waals surface area contributed by atoms with Crippen LogP contribution in [-0.2, 0) is 11.3 Å². The normalized spacial score (nSPS) is 13.1. The van der Waals surface area contributed by atoms with Crippen molar-refractivity contribution in [3.05, 3.63) is 11.9 Å². The molecule has 0 aliphatic rings. The number of ether oxygens (including phenoxy) is 1. The minimum atomic E-state index is -0.214. The van der Waals surface area contributed by atoms with Crippen LogP contribution in [0.1, 0.15) is 18.2 Å². The Labute approximate surface area is 82.7 Å². The van der Waals surface area contributed by atoms with Crippen LogP contribution in [0.2, 0.25) is 0 Å². The van der Waals surface area contributed by atoms with Crippen molar-refractivity contribution >= 4 is 0 Å². The summed E-state index contributed by atoms with van der Waals surface area (Å²) in [6.07, 6.45) is 2.27. The summed E-state index contributed by atoms with van der Waals surface area (Å²) < 4.78 is 6.64. The van der Waals surface area contributed by atoms with E-state index in [2.05, 4.69) is 10.3 Å². The van der Waals surface area contributed by atoms with Gasteiger partial charge in [0.2, 0.25) is 0 Å². The second-order valence-corrected chi connectivity index (χ2v) is 3.02. The molecular weight excluding hydrogens is 184 g/mol. The van der Waals surface area contributed by atoms with Crippen molar-refractivity contribution in [3.63, 3.8) is 0 Å². The molecule has 0 amide bonds. The molecule has 1 aromatic rings. The maximum atomic E-state index is 8.68. The van der Waals surface area contributed by atoms with Crippen molar-refractivity contribution in [1.29, 1.82) is 0 Å². The van der Waals surface area contributed by atoms with Gasteiger partial charge in [0.25, 0.3) is 0 Å². The number of hydrogen-bond donors (Lipinski definition) is 2. The number of rotatable bonds is 6. The average Bonchev–Trinajstić information content (AvgIpc) is 2.63. The lowest BCUT2D eigenvalue weighted by Gasteiger charge is -2.11. The van der Waals surface area contributed by atoms with Crippen LogP contribution in [-0.4, -0.2) is 40.4 Å². The number of methoxy groups -OCH3 is 1. The van der Waals surface area contributed by atoms with E-state index in [0.717, 1.165) is 5.69 Å². The lowest BCUT2D eigenvalue weighted by atomic mass is 10.2. The standard InChI is InChI=1S/C8H16N4O2/c1-14-6-7(9)8-5-10-11-12(8)3-2-4-13/h5,7,13H,2-4,6,9H2,1H3/t7-/m0/s1. The van der Waals surface area contributed by atoms with Gasteiger partial charge in [-0.05, 0) is 6.42 Å². The SMILES string of the molecule is COC[C@H](N)c1cnnn1CCCO.